The van der Waals surface area contributed by atoms with E-state index in [1.54, 1.807) is 25.2 Å². The number of hydrogen-bond donors (Lipinski definition) is 1. The summed E-state index contributed by atoms with van der Waals surface area (Å²) >= 11 is 0. The number of benzene rings is 2. The van der Waals surface area contributed by atoms with Crippen LogP contribution in [0, 0.1) is 0 Å². The summed E-state index contributed by atoms with van der Waals surface area (Å²) in [5.41, 5.74) is 2.84. The van der Waals surface area contributed by atoms with Crippen LogP contribution in [0.4, 0.5) is 0 Å². The second-order valence-electron chi connectivity index (χ2n) is 5.60. The first-order valence-corrected chi connectivity index (χ1v) is 9.19. The molecule has 1 aromatic heterocycles. The molecular formula is C17H18N2O4S. The highest BCUT2D eigenvalue weighted by Gasteiger charge is 2.11. The van der Waals surface area contributed by atoms with Crippen LogP contribution in [0.2, 0.25) is 0 Å². The summed E-state index contributed by atoms with van der Waals surface area (Å²) < 4.78 is 33.3. The predicted molar refractivity (Wildman–Crippen MR) is 92.2 cm³/mol. The molecule has 126 valence electrons. The van der Waals surface area contributed by atoms with Gasteiger partial charge < -0.3 is 4.42 Å². The molecule has 3 aromatic rings. The average Bonchev–Trinajstić information content (AvgIpc) is 2.86. The van der Waals surface area contributed by atoms with Crippen LogP contribution in [-0.2, 0) is 30.0 Å². The first-order chi connectivity index (χ1) is 11.4. The molecular weight excluding hydrogens is 328 g/mol. The number of hydrogen-bond acceptors (Lipinski definition) is 4. The quantitative estimate of drug-likeness (QED) is 0.738. The Morgan fingerprint density at radius 1 is 1.08 bits per heavy atom. The highest BCUT2D eigenvalue weighted by atomic mass is 32.2. The standard InChI is InChI=1S/C17H18N2O4S/c1-19-15-8-7-14(11-16(15)23-17(19)20)12-18-24(21,22)10-9-13-5-3-2-4-6-13/h2-8,11,18H,9-10,12H2,1H3. The van der Waals surface area contributed by atoms with Crippen molar-refractivity contribution in [3.63, 3.8) is 0 Å². The van der Waals surface area contributed by atoms with Gasteiger partial charge in [0.05, 0.1) is 11.3 Å². The maximum Gasteiger partial charge on any atom is 0.419 e. The predicted octanol–water partition coefficient (Wildman–Crippen LogP) is 1.79. The van der Waals surface area contributed by atoms with Gasteiger partial charge in [0.15, 0.2) is 5.58 Å². The molecule has 7 heteroatoms. The van der Waals surface area contributed by atoms with Crippen LogP contribution in [0.25, 0.3) is 11.1 Å². The van der Waals surface area contributed by atoms with Crippen molar-refractivity contribution in [2.75, 3.05) is 5.75 Å². The Kier molecular flexibility index (Phi) is 4.55. The van der Waals surface area contributed by atoms with Crippen molar-refractivity contribution in [1.82, 2.24) is 9.29 Å². The van der Waals surface area contributed by atoms with Crippen molar-refractivity contribution in [3.05, 3.63) is 70.2 Å². The average molecular weight is 346 g/mol. The van der Waals surface area contributed by atoms with Gasteiger partial charge in [-0.15, -0.1) is 0 Å². The lowest BCUT2D eigenvalue weighted by Gasteiger charge is -2.07. The van der Waals surface area contributed by atoms with E-state index >= 15 is 0 Å². The van der Waals surface area contributed by atoms with E-state index in [1.165, 1.54) is 4.57 Å². The lowest BCUT2D eigenvalue weighted by Crippen LogP contribution is -2.26. The van der Waals surface area contributed by atoms with E-state index in [0.29, 0.717) is 17.5 Å². The van der Waals surface area contributed by atoms with Crippen LogP contribution in [0.1, 0.15) is 11.1 Å². The smallest absolute Gasteiger partial charge is 0.408 e. The number of rotatable bonds is 6. The number of oxazole rings is 1. The molecule has 0 aliphatic rings. The molecule has 0 spiro atoms. The molecule has 24 heavy (non-hydrogen) atoms. The van der Waals surface area contributed by atoms with Crippen molar-refractivity contribution in [1.29, 1.82) is 0 Å². The lowest BCUT2D eigenvalue weighted by atomic mass is 10.2. The van der Waals surface area contributed by atoms with Gasteiger partial charge in [-0.25, -0.2) is 17.9 Å². The van der Waals surface area contributed by atoms with Crippen molar-refractivity contribution in [3.8, 4) is 0 Å². The van der Waals surface area contributed by atoms with Gasteiger partial charge in [-0.05, 0) is 29.7 Å². The Morgan fingerprint density at radius 3 is 2.58 bits per heavy atom. The van der Waals surface area contributed by atoms with Gasteiger partial charge >= 0.3 is 5.76 Å². The minimum atomic E-state index is -3.38. The first kappa shape index (κ1) is 16.5. The number of sulfonamides is 1. The zero-order valence-electron chi connectivity index (χ0n) is 13.2. The molecule has 0 saturated heterocycles. The Labute approximate surface area is 139 Å². The van der Waals surface area contributed by atoms with Crippen molar-refractivity contribution >= 4 is 21.1 Å². The molecule has 0 fully saturated rings. The zero-order chi connectivity index (χ0) is 17.2. The summed E-state index contributed by atoms with van der Waals surface area (Å²) in [6.45, 7) is 0.158. The fourth-order valence-electron chi connectivity index (χ4n) is 2.45. The number of aryl methyl sites for hydroxylation is 2. The third-order valence-electron chi connectivity index (χ3n) is 3.86. The van der Waals surface area contributed by atoms with Gasteiger partial charge in [0.25, 0.3) is 0 Å². The summed E-state index contributed by atoms with van der Waals surface area (Å²) in [5.74, 6) is -0.412. The van der Waals surface area contributed by atoms with Gasteiger partial charge in [0, 0.05) is 13.6 Å². The van der Waals surface area contributed by atoms with Crippen LogP contribution in [0.3, 0.4) is 0 Å². The SMILES string of the molecule is Cn1c(=O)oc2cc(CNS(=O)(=O)CCc3ccccc3)ccc21. The second-order valence-corrected chi connectivity index (χ2v) is 7.53. The molecule has 0 saturated carbocycles. The van der Waals surface area contributed by atoms with Gasteiger partial charge in [-0.3, -0.25) is 4.57 Å². The van der Waals surface area contributed by atoms with Crippen LogP contribution < -0.4 is 10.5 Å². The van der Waals surface area contributed by atoms with Crippen LogP contribution >= 0.6 is 0 Å². The Hall–Kier alpha value is -2.38. The molecule has 1 heterocycles. The largest absolute Gasteiger partial charge is 0.419 e. The number of nitrogens with zero attached hydrogens (tertiary/aromatic N) is 1. The number of aromatic nitrogens is 1. The maximum absolute atomic E-state index is 12.1. The second kappa shape index (κ2) is 6.62. The molecule has 2 aromatic carbocycles. The molecule has 0 bridgehead atoms. The van der Waals surface area contributed by atoms with Crippen LogP contribution in [0.5, 0.6) is 0 Å². The maximum atomic E-state index is 12.1. The van der Waals surface area contributed by atoms with Crippen molar-refractivity contribution in [2.45, 2.75) is 13.0 Å². The van der Waals surface area contributed by atoms with Gasteiger partial charge in [-0.1, -0.05) is 36.4 Å². The molecule has 0 aliphatic heterocycles. The summed E-state index contributed by atoms with van der Waals surface area (Å²) in [4.78, 5) is 11.5. The molecule has 3 rings (SSSR count). The van der Waals surface area contributed by atoms with Crippen LogP contribution in [0.15, 0.2) is 57.7 Å². The summed E-state index contributed by atoms with van der Waals surface area (Å²) in [7, 11) is -1.76. The normalized spacial score (nSPS) is 11.9. The van der Waals surface area contributed by atoms with Crippen molar-refractivity contribution in [2.24, 2.45) is 7.05 Å². The van der Waals surface area contributed by atoms with Gasteiger partial charge in [0.1, 0.15) is 0 Å². The third-order valence-corrected chi connectivity index (χ3v) is 5.18. The van der Waals surface area contributed by atoms with E-state index in [1.807, 2.05) is 30.3 Å². The van der Waals surface area contributed by atoms with E-state index < -0.39 is 15.8 Å². The minimum absolute atomic E-state index is 0.0275. The summed E-state index contributed by atoms with van der Waals surface area (Å²) in [6, 6.07) is 14.7. The number of nitrogens with one attached hydrogen (secondary N) is 1. The number of fused-ring (bicyclic) bond motifs is 1. The topological polar surface area (TPSA) is 81.3 Å². The molecule has 0 amide bonds. The van der Waals surface area contributed by atoms with E-state index in [9.17, 15) is 13.2 Å². The molecule has 0 aliphatic carbocycles. The zero-order valence-corrected chi connectivity index (χ0v) is 14.0. The van der Waals surface area contributed by atoms with Crippen LogP contribution in [-0.4, -0.2) is 18.7 Å². The summed E-state index contributed by atoms with van der Waals surface area (Å²) in [6.07, 6.45) is 0.461. The van der Waals surface area contributed by atoms with Gasteiger partial charge in [-0.2, -0.15) is 0 Å². The summed E-state index contributed by atoms with van der Waals surface area (Å²) in [5, 5.41) is 0. The van der Waals surface area contributed by atoms with Gasteiger partial charge in [0.2, 0.25) is 10.0 Å². The Bertz CT molecular complexity index is 1000. The third kappa shape index (κ3) is 3.74. The van der Waals surface area contributed by atoms with E-state index in [-0.39, 0.29) is 12.3 Å². The monoisotopic (exact) mass is 346 g/mol. The highest BCUT2D eigenvalue weighted by molar-refractivity contribution is 7.89. The first-order valence-electron chi connectivity index (χ1n) is 7.54. The minimum Gasteiger partial charge on any atom is -0.408 e. The fraction of sp³-hybridized carbons (Fsp3) is 0.235. The lowest BCUT2D eigenvalue weighted by molar-refractivity contribution is 0.527. The molecule has 1 N–H and O–H groups in total. The highest BCUT2D eigenvalue weighted by Crippen LogP contribution is 2.14. The molecule has 0 radical (unpaired) electrons. The fourth-order valence-corrected chi connectivity index (χ4v) is 3.49. The molecule has 6 nitrogen and oxygen atoms in total. The van der Waals surface area contributed by atoms with E-state index in [2.05, 4.69) is 4.72 Å². The Balaban J connectivity index is 1.65. The Morgan fingerprint density at radius 2 is 1.83 bits per heavy atom. The molecule has 0 unspecified atom stereocenters. The molecule has 0 atom stereocenters. The van der Waals surface area contributed by atoms with Crippen molar-refractivity contribution < 1.29 is 12.8 Å². The van der Waals surface area contributed by atoms with E-state index in [0.717, 1.165) is 11.1 Å². The van der Waals surface area contributed by atoms with E-state index in [4.69, 9.17) is 4.42 Å².